The Kier molecular flexibility index (Phi) is 8.43. The summed E-state index contributed by atoms with van der Waals surface area (Å²) < 4.78 is 43.5. The molecule has 11 heteroatoms. The standard InChI is InChI=1S/C21H25N3O3.C2HF3O2/c25-20(13-18-5-1-3-9-22-18)24-15-21(16-24)14-17(8-12-27-21)7-11-26-19-6-2-4-10-23-19;3-2(4,5)1(6)7/h1-6,9-10,17H,7-8,11-16H2;(H,6,7). The molecule has 2 aliphatic rings. The summed E-state index contributed by atoms with van der Waals surface area (Å²) in [7, 11) is 0. The van der Waals surface area contributed by atoms with E-state index in [-0.39, 0.29) is 11.5 Å². The second-order valence-electron chi connectivity index (χ2n) is 8.25. The van der Waals surface area contributed by atoms with Crippen LogP contribution in [0.15, 0.2) is 48.8 Å². The maximum absolute atomic E-state index is 12.4. The largest absolute Gasteiger partial charge is 0.490 e. The predicted molar refractivity (Wildman–Crippen MR) is 114 cm³/mol. The maximum atomic E-state index is 12.4. The molecule has 2 aliphatic heterocycles. The van der Waals surface area contributed by atoms with E-state index in [1.807, 2.05) is 41.3 Å². The Morgan fingerprint density at radius 3 is 2.41 bits per heavy atom. The molecule has 1 unspecified atom stereocenters. The predicted octanol–water partition coefficient (Wildman–Crippen LogP) is 3.13. The van der Waals surface area contributed by atoms with Gasteiger partial charge in [0.25, 0.3) is 0 Å². The van der Waals surface area contributed by atoms with E-state index < -0.39 is 12.1 Å². The fraction of sp³-hybridized carbons (Fsp3) is 0.478. The minimum Gasteiger partial charge on any atom is -0.478 e. The van der Waals surface area contributed by atoms with Crippen LogP contribution in [0.3, 0.4) is 0 Å². The molecule has 0 saturated carbocycles. The first-order valence-corrected chi connectivity index (χ1v) is 10.8. The van der Waals surface area contributed by atoms with Crippen LogP contribution in [0.1, 0.15) is 25.0 Å². The molecule has 0 aliphatic carbocycles. The molecule has 1 spiro atoms. The van der Waals surface area contributed by atoms with Crippen molar-refractivity contribution in [2.24, 2.45) is 5.92 Å². The van der Waals surface area contributed by atoms with Gasteiger partial charge in [-0.15, -0.1) is 0 Å². The minimum absolute atomic E-state index is 0.128. The molecule has 34 heavy (non-hydrogen) atoms. The zero-order valence-electron chi connectivity index (χ0n) is 18.4. The number of hydrogen-bond donors (Lipinski definition) is 1. The van der Waals surface area contributed by atoms with Crippen LogP contribution in [-0.4, -0.2) is 69.9 Å². The third-order valence-corrected chi connectivity index (χ3v) is 5.62. The highest BCUT2D eigenvalue weighted by Crippen LogP contribution is 2.38. The Balaban J connectivity index is 0.000000406. The van der Waals surface area contributed by atoms with Crippen LogP contribution in [0.2, 0.25) is 0 Å². The summed E-state index contributed by atoms with van der Waals surface area (Å²) in [6, 6.07) is 11.4. The van der Waals surface area contributed by atoms with Gasteiger partial charge < -0.3 is 19.5 Å². The molecule has 1 N–H and O–H groups in total. The summed E-state index contributed by atoms with van der Waals surface area (Å²) in [5, 5.41) is 7.12. The average Bonchev–Trinajstić information content (AvgIpc) is 2.79. The number of pyridine rings is 2. The third kappa shape index (κ3) is 7.41. The van der Waals surface area contributed by atoms with Crippen molar-refractivity contribution in [1.29, 1.82) is 0 Å². The number of carboxylic acids is 1. The van der Waals surface area contributed by atoms with Gasteiger partial charge in [0, 0.05) is 30.8 Å². The van der Waals surface area contributed by atoms with Crippen molar-refractivity contribution in [3.8, 4) is 5.88 Å². The monoisotopic (exact) mass is 481 g/mol. The zero-order chi connectivity index (χ0) is 24.6. The van der Waals surface area contributed by atoms with Gasteiger partial charge in [0.15, 0.2) is 0 Å². The van der Waals surface area contributed by atoms with E-state index in [4.69, 9.17) is 19.4 Å². The third-order valence-electron chi connectivity index (χ3n) is 5.62. The number of amides is 1. The van der Waals surface area contributed by atoms with Gasteiger partial charge in [-0.25, -0.2) is 9.78 Å². The van der Waals surface area contributed by atoms with Gasteiger partial charge >= 0.3 is 12.1 Å². The molecule has 0 radical (unpaired) electrons. The summed E-state index contributed by atoms with van der Waals surface area (Å²) in [5.74, 6) is -1.39. The number of ether oxygens (including phenoxy) is 2. The number of aromatic nitrogens is 2. The fourth-order valence-electron chi connectivity index (χ4n) is 3.95. The molecule has 2 aromatic heterocycles. The van der Waals surface area contributed by atoms with E-state index >= 15 is 0 Å². The van der Waals surface area contributed by atoms with Crippen molar-refractivity contribution in [3.63, 3.8) is 0 Å². The Bertz CT molecular complexity index is 938. The van der Waals surface area contributed by atoms with Crippen LogP contribution in [0.5, 0.6) is 5.88 Å². The van der Waals surface area contributed by atoms with E-state index in [0.29, 0.717) is 37.9 Å². The summed E-state index contributed by atoms with van der Waals surface area (Å²) in [6.45, 7) is 2.81. The molecular formula is C23H26F3N3O5. The smallest absolute Gasteiger partial charge is 0.478 e. The van der Waals surface area contributed by atoms with Crippen LogP contribution in [0, 0.1) is 5.92 Å². The van der Waals surface area contributed by atoms with Gasteiger partial charge in [0.05, 0.1) is 26.1 Å². The lowest BCUT2D eigenvalue weighted by Crippen LogP contribution is -2.66. The number of likely N-dealkylation sites (tertiary alicyclic amines) is 1. The van der Waals surface area contributed by atoms with Gasteiger partial charge in [-0.3, -0.25) is 9.78 Å². The molecule has 1 amide bonds. The van der Waals surface area contributed by atoms with Crippen LogP contribution >= 0.6 is 0 Å². The summed E-state index contributed by atoms with van der Waals surface area (Å²) in [6.07, 6.45) is 1.77. The number of nitrogens with zero attached hydrogens (tertiary/aromatic N) is 3. The lowest BCUT2D eigenvalue weighted by atomic mass is 9.79. The molecule has 0 aromatic carbocycles. The van der Waals surface area contributed by atoms with Crippen molar-refractivity contribution >= 4 is 11.9 Å². The van der Waals surface area contributed by atoms with Gasteiger partial charge in [0.1, 0.15) is 5.60 Å². The summed E-state index contributed by atoms with van der Waals surface area (Å²) in [4.78, 5) is 31.6. The summed E-state index contributed by atoms with van der Waals surface area (Å²) in [5.41, 5.74) is 0.658. The lowest BCUT2D eigenvalue weighted by Gasteiger charge is -2.53. The van der Waals surface area contributed by atoms with Gasteiger partial charge in [0.2, 0.25) is 11.8 Å². The Morgan fingerprint density at radius 1 is 1.15 bits per heavy atom. The first-order chi connectivity index (χ1) is 16.2. The molecule has 8 nitrogen and oxygen atoms in total. The molecule has 184 valence electrons. The number of aliphatic carboxylic acids is 1. The molecule has 0 bridgehead atoms. The molecule has 1 atom stereocenters. The van der Waals surface area contributed by atoms with Crippen molar-refractivity contribution in [2.75, 3.05) is 26.3 Å². The molecule has 2 fully saturated rings. The number of carboxylic acid groups (broad SMARTS) is 1. The lowest BCUT2D eigenvalue weighted by molar-refractivity contribution is -0.192. The Labute approximate surface area is 194 Å². The molecule has 2 saturated heterocycles. The topological polar surface area (TPSA) is 102 Å². The highest BCUT2D eigenvalue weighted by Gasteiger charge is 2.49. The molecule has 4 heterocycles. The van der Waals surface area contributed by atoms with Gasteiger partial charge in [-0.2, -0.15) is 13.2 Å². The fourth-order valence-corrected chi connectivity index (χ4v) is 3.95. The zero-order valence-corrected chi connectivity index (χ0v) is 18.4. The average molecular weight is 481 g/mol. The Morgan fingerprint density at radius 2 is 1.82 bits per heavy atom. The number of carbonyl (C=O) groups excluding carboxylic acids is 1. The Hall–Kier alpha value is -3.21. The van der Waals surface area contributed by atoms with Crippen LogP contribution in [0.4, 0.5) is 13.2 Å². The van der Waals surface area contributed by atoms with Gasteiger partial charge in [-0.05, 0) is 43.4 Å². The number of halogens is 3. The number of carbonyl (C=O) groups is 2. The highest BCUT2D eigenvalue weighted by atomic mass is 19.4. The second-order valence-corrected chi connectivity index (χ2v) is 8.25. The van der Waals surface area contributed by atoms with Crippen LogP contribution in [-0.2, 0) is 20.7 Å². The van der Waals surface area contributed by atoms with Crippen molar-refractivity contribution in [2.45, 2.75) is 37.5 Å². The normalized spacial score (nSPS) is 18.9. The number of alkyl halides is 3. The minimum atomic E-state index is -5.08. The van der Waals surface area contributed by atoms with E-state index in [1.165, 1.54) is 0 Å². The maximum Gasteiger partial charge on any atom is 0.490 e. The van der Waals surface area contributed by atoms with Crippen LogP contribution < -0.4 is 4.74 Å². The molecule has 2 aromatic rings. The number of rotatable bonds is 6. The van der Waals surface area contributed by atoms with Crippen molar-refractivity contribution in [3.05, 3.63) is 54.5 Å². The first-order valence-electron chi connectivity index (χ1n) is 10.8. The molecule has 4 rings (SSSR count). The van der Waals surface area contributed by atoms with Crippen LogP contribution in [0.25, 0.3) is 0 Å². The first kappa shape index (κ1) is 25.4. The second kappa shape index (κ2) is 11.3. The molecular weight excluding hydrogens is 455 g/mol. The van der Waals surface area contributed by atoms with E-state index in [0.717, 1.165) is 31.6 Å². The SMILES string of the molecule is O=C(Cc1ccccn1)N1CC2(CC(CCOc3ccccn3)CCO2)C1.O=C(O)C(F)(F)F. The van der Waals surface area contributed by atoms with E-state index in [9.17, 15) is 18.0 Å². The van der Waals surface area contributed by atoms with E-state index in [2.05, 4.69) is 9.97 Å². The van der Waals surface area contributed by atoms with E-state index in [1.54, 1.807) is 12.4 Å². The highest BCUT2D eigenvalue weighted by molar-refractivity contribution is 5.79. The number of hydrogen-bond acceptors (Lipinski definition) is 6. The van der Waals surface area contributed by atoms with Gasteiger partial charge in [-0.1, -0.05) is 12.1 Å². The summed E-state index contributed by atoms with van der Waals surface area (Å²) >= 11 is 0. The van der Waals surface area contributed by atoms with Crippen molar-refractivity contribution in [1.82, 2.24) is 14.9 Å². The van der Waals surface area contributed by atoms with Crippen molar-refractivity contribution < 1.29 is 37.3 Å². The quantitative estimate of drug-likeness (QED) is 0.676.